The molecule has 1 atom stereocenters. The van der Waals surface area contributed by atoms with E-state index in [4.69, 9.17) is 15.7 Å². The number of halogens is 1. The van der Waals surface area contributed by atoms with Gasteiger partial charge in [0.2, 0.25) is 0 Å². The summed E-state index contributed by atoms with van der Waals surface area (Å²) >= 11 is 3.35. The average molecular weight is 344 g/mol. The normalized spacial score (nSPS) is 12.9. The Morgan fingerprint density at radius 3 is 2.75 bits per heavy atom. The van der Waals surface area contributed by atoms with Crippen molar-refractivity contribution in [1.29, 1.82) is 0 Å². The molecule has 0 radical (unpaired) electrons. The van der Waals surface area contributed by atoms with E-state index in [0.29, 0.717) is 22.2 Å². The van der Waals surface area contributed by atoms with Gasteiger partial charge in [0.1, 0.15) is 11.6 Å². The summed E-state index contributed by atoms with van der Waals surface area (Å²) in [6.07, 6.45) is 0.302. The molecule has 20 heavy (non-hydrogen) atoms. The minimum absolute atomic E-state index is 0.0908. The van der Waals surface area contributed by atoms with Crippen molar-refractivity contribution in [3.05, 3.63) is 28.2 Å². The number of oxime groups is 1. The standard InChI is InChI=1S/C13H18BrN3O3/c1-8(6-12(15)16-19)17(2)13(18)9-4-5-11(20-3)10(14)7-9/h4-5,7-8,19H,6H2,1-3H3,(H2,15,16). The van der Waals surface area contributed by atoms with Crippen LogP contribution < -0.4 is 10.5 Å². The molecule has 1 unspecified atom stereocenters. The van der Waals surface area contributed by atoms with E-state index in [1.807, 2.05) is 6.92 Å². The predicted octanol–water partition coefficient (Wildman–Crippen LogP) is 2.05. The van der Waals surface area contributed by atoms with E-state index >= 15 is 0 Å². The first-order chi connectivity index (χ1) is 9.40. The fourth-order valence-electron chi connectivity index (χ4n) is 1.68. The van der Waals surface area contributed by atoms with E-state index in [1.54, 1.807) is 37.3 Å². The van der Waals surface area contributed by atoms with Gasteiger partial charge in [-0.15, -0.1) is 0 Å². The van der Waals surface area contributed by atoms with Crippen molar-refractivity contribution in [3.63, 3.8) is 0 Å². The van der Waals surface area contributed by atoms with Crippen LogP contribution in [0.4, 0.5) is 0 Å². The number of methoxy groups -OCH3 is 1. The van der Waals surface area contributed by atoms with E-state index in [1.165, 1.54) is 0 Å². The molecule has 0 aliphatic rings. The van der Waals surface area contributed by atoms with Gasteiger partial charge < -0.3 is 20.6 Å². The van der Waals surface area contributed by atoms with E-state index < -0.39 is 0 Å². The zero-order valence-corrected chi connectivity index (χ0v) is 13.2. The third-order valence-corrected chi connectivity index (χ3v) is 3.63. The third kappa shape index (κ3) is 3.86. The summed E-state index contributed by atoms with van der Waals surface area (Å²) in [4.78, 5) is 13.9. The highest BCUT2D eigenvalue weighted by Crippen LogP contribution is 2.26. The molecule has 0 bridgehead atoms. The Morgan fingerprint density at radius 2 is 2.25 bits per heavy atom. The van der Waals surface area contributed by atoms with Crippen LogP contribution in [0.2, 0.25) is 0 Å². The average Bonchev–Trinajstić information content (AvgIpc) is 2.45. The van der Waals surface area contributed by atoms with Crippen molar-refractivity contribution in [3.8, 4) is 5.75 Å². The van der Waals surface area contributed by atoms with Crippen LogP contribution in [0.3, 0.4) is 0 Å². The predicted molar refractivity (Wildman–Crippen MR) is 80.3 cm³/mol. The molecule has 0 saturated carbocycles. The van der Waals surface area contributed by atoms with E-state index in [2.05, 4.69) is 21.1 Å². The molecule has 0 aromatic heterocycles. The Kier molecular flexibility index (Phi) is 5.82. The monoisotopic (exact) mass is 343 g/mol. The quantitative estimate of drug-likeness (QED) is 0.370. The van der Waals surface area contributed by atoms with Gasteiger partial charge in [-0.05, 0) is 41.1 Å². The Balaban J connectivity index is 2.86. The van der Waals surface area contributed by atoms with Crippen LogP contribution in [-0.2, 0) is 0 Å². The van der Waals surface area contributed by atoms with E-state index in [-0.39, 0.29) is 17.8 Å². The van der Waals surface area contributed by atoms with Crippen LogP contribution in [-0.4, -0.2) is 42.0 Å². The number of rotatable bonds is 5. The summed E-state index contributed by atoms with van der Waals surface area (Å²) in [6.45, 7) is 1.83. The first kappa shape index (κ1) is 16.3. The Hall–Kier alpha value is -1.76. The van der Waals surface area contributed by atoms with Crippen LogP contribution in [0.1, 0.15) is 23.7 Å². The molecule has 110 valence electrons. The SMILES string of the molecule is COc1ccc(C(=O)N(C)C(C)CC(N)=NO)cc1Br. The van der Waals surface area contributed by atoms with Crippen LogP contribution in [0.15, 0.2) is 27.8 Å². The molecule has 0 aliphatic heterocycles. The maximum atomic E-state index is 12.3. The minimum atomic E-state index is -0.181. The first-order valence-electron chi connectivity index (χ1n) is 5.97. The summed E-state index contributed by atoms with van der Waals surface area (Å²) in [5.74, 6) is 0.605. The molecule has 1 amide bonds. The molecule has 0 spiro atoms. The van der Waals surface area contributed by atoms with Gasteiger partial charge in [0, 0.05) is 25.1 Å². The van der Waals surface area contributed by atoms with Crippen molar-refractivity contribution in [2.75, 3.05) is 14.2 Å². The van der Waals surface area contributed by atoms with Crippen molar-refractivity contribution < 1.29 is 14.7 Å². The summed E-state index contributed by atoms with van der Waals surface area (Å²) < 4.78 is 5.83. The summed E-state index contributed by atoms with van der Waals surface area (Å²) in [6, 6.07) is 4.94. The highest BCUT2D eigenvalue weighted by Gasteiger charge is 2.19. The number of ether oxygens (including phenoxy) is 1. The second kappa shape index (κ2) is 7.14. The second-order valence-corrected chi connectivity index (χ2v) is 5.26. The molecule has 0 fully saturated rings. The molecule has 0 heterocycles. The summed E-state index contributed by atoms with van der Waals surface area (Å²) in [5.41, 5.74) is 5.98. The molecule has 3 N–H and O–H groups in total. The number of hydrogen-bond acceptors (Lipinski definition) is 4. The van der Waals surface area contributed by atoms with Gasteiger partial charge in [0.25, 0.3) is 5.91 Å². The number of nitrogens with two attached hydrogens (primary N) is 1. The van der Waals surface area contributed by atoms with Gasteiger partial charge in [-0.25, -0.2) is 0 Å². The molecule has 1 aromatic carbocycles. The van der Waals surface area contributed by atoms with Gasteiger partial charge in [0.15, 0.2) is 0 Å². The van der Waals surface area contributed by atoms with Crippen molar-refractivity contribution in [1.82, 2.24) is 4.90 Å². The molecule has 0 saturated heterocycles. The number of amides is 1. The Labute approximate surface area is 126 Å². The Bertz CT molecular complexity index is 520. The van der Waals surface area contributed by atoms with Gasteiger partial charge in [-0.2, -0.15) is 0 Å². The van der Waals surface area contributed by atoms with Crippen LogP contribution in [0.5, 0.6) is 5.75 Å². The highest BCUT2D eigenvalue weighted by molar-refractivity contribution is 9.10. The lowest BCUT2D eigenvalue weighted by atomic mass is 10.1. The molecule has 7 heteroatoms. The molecule has 0 aliphatic carbocycles. The number of amidine groups is 1. The fourth-order valence-corrected chi connectivity index (χ4v) is 2.22. The third-order valence-electron chi connectivity index (χ3n) is 3.01. The lowest BCUT2D eigenvalue weighted by Gasteiger charge is -2.24. The minimum Gasteiger partial charge on any atom is -0.496 e. The van der Waals surface area contributed by atoms with Gasteiger partial charge in [-0.3, -0.25) is 4.79 Å². The smallest absolute Gasteiger partial charge is 0.253 e. The topological polar surface area (TPSA) is 88.2 Å². The number of benzene rings is 1. The lowest BCUT2D eigenvalue weighted by molar-refractivity contribution is 0.0747. The maximum Gasteiger partial charge on any atom is 0.253 e. The molecular weight excluding hydrogens is 326 g/mol. The number of carbonyl (C=O) groups excluding carboxylic acids is 1. The summed E-state index contributed by atoms with van der Waals surface area (Å²) in [5, 5.41) is 11.5. The van der Waals surface area contributed by atoms with Crippen molar-refractivity contribution in [2.24, 2.45) is 10.9 Å². The summed E-state index contributed by atoms with van der Waals surface area (Å²) in [7, 11) is 3.24. The molecule has 6 nitrogen and oxygen atoms in total. The number of nitrogens with zero attached hydrogens (tertiary/aromatic N) is 2. The lowest BCUT2D eigenvalue weighted by Crippen LogP contribution is -2.37. The van der Waals surface area contributed by atoms with E-state index in [9.17, 15) is 4.79 Å². The molecule has 1 aromatic rings. The number of carbonyl (C=O) groups is 1. The second-order valence-electron chi connectivity index (χ2n) is 4.41. The van der Waals surface area contributed by atoms with Crippen LogP contribution >= 0.6 is 15.9 Å². The van der Waals surface area contributed by atoms with Crippen molar-refractivity contribution in [2.45, 2.75) is 19.4 Å². The van der Waals surface area contributed by atoms with Crippen molar-refractivity contribution >= 4 is 27.7 Å². The van der Waals surface area contributed by atoms with Crippen LogP contribution in [0, 0.1) is 0 Å². The first-order valence-corrected chi connectivity index (χ1v) is 6.77. The Morgan fingerprint density at radius 1 is 1.60 bits per heavy atom. The van der Waals surface area contributed by atoms with Gasteiger partial charge in [0.05, 0.1) is 11.6 Å². The maximum absolute atomic E-state index is 12.3. The zero-order valence-electron chi connectivity index (χ0n) is 11.6. The van der Waals surface area contributed by atoms with Crippen LogP contribution in [0.25, 0.3) is 0 Å². The highest BCUT2D eigenvalue weighted by atomic mass is 79.9. The largest absolute Gasteiger partial charge is 0.496 e. The zero-order chi connectivity index (χ0) is 15.3. The van der Waals surface area contributed by atoms with Gasteiger partial charge in [-0.1, -0.05) is 5.16 Å². The molecule has 1 rings (SSSR count). The van der Waals surface area contributed by atoms with E-state index in [0.717, 1.165) is 0 Å². The number of hydrogen-bond donors (Lipinski definition) is 2. The fraction of sp³-hybridized carbons (Fsp3) is 0.385. The van der Waals surface area contributed by atoms with Gasteiger partial charge >= 0.3 is 0 Å². The molecular formula is C13H18BrN3O3.